The Morgan fingerprint density at radius 3 is 3.07 bits per heavy atom. The minimum Gasteiger partial charge on any atom is -0.385 e. The standard InChI is InChI=1S/C9H19N3O2/c1-7(13-2)5-12-3-4-14-8(6-12)9(10)11/h7-8H,3-6H2,1-2H3,(H3,10,11). The maximum Gasteiger partial charge on any atom is 0.127 e. The average Bonchev–Trinajstić information content (AvgIpc) is 2.18. The Morgan fingerprint density at radius 1 is 1.79 bits per heavy atom. The van der Waals surface area contributed by atoms with Crippen LogP contribution in [0.1, 0.15) is 6.92 Å². The summed E-state index contributed by atoms with van der Waals surface area (Å²) in [5, 5.41) is 7.30. The lowest BCUT2D eigenvalue weighted by Crippen LogP contribution is -2.49. The monoisotopic (exact) mass is 201 g/mol. The van der Waals surface area contributed by atoms with Crippen molar-refractivity contribution in [1.29, 1.82) is 5.41 Å². The molecule has 2 atom stereocenters. The van der Waals surface area contributed by atoms with Crippen LogP contribution < -0.4 is 5.73 Å². The quantitative estimate of drug-likeness (QED) is 0.482. The molecule has 82 valence electrons. The van der Waals surface area contributed by atoms with Crippen LogP contribution >= 0.6 is 0 Å². The molecule has 0 aromatic rings. The topological polar surface area (TPSA) is 71.6 Å². The van der Waals surface area contributed by atoms with Crippen molar-refractivity contribution in [2.24, 2.45) is 5.73 Å². The first-order valence-electron chi connectivity index (χ1n) is 4.84. The van der Waals surface area contributed by atoms with Gasteiger partial charge in [0.05, 0.1) is 12.7 Å². The van der Waals surface area contributed by atoms with E-state index in [1.54, 1.807) is 7.11 Å². The molecule has 0 spiro atoms. The molecule has 3 N–H and O–H groups in total. The summed E-state index contributed by atoms with van der Waals surface area (Å²) in [4.78, 5) is 2.21. The van der Waals surface area contributed by atoms with Crippen molar-refractivity contribution < 1.29 is 9.47 Å². The highest BCUT2D eigenvalue weighted by Crippen LogP contribution is 2.06. The maximum absolute atomic E-state index is 7.30. The van der Waals surface area contributed by atoms with Gasteiger partial charge in [0.15, 0.2) is 0 Å². The number of nitrogens with one attached hydrogen (secondary N) is 1. The van der Waals surface area contributed by atoms with Crippen LogP contribution in [0.5, 0.6) is 0 Å². The summed E-state index contributed by atoms with van der Waals surface area (Å²) in [6.07, 6.45) is -0.0338. The molecule has 14 heavy (non-hydrogen) atoms. The van der Waals surface area contributed by atoms with Crippen LogP contribution in [0, 0.1) is 5.41 Å². The number of nitrogens with two attached hydrogens (primary N) is 1. The number of hydrogen-bond donors (Lipinski definition) is 2. The predicted octanol–water partition coefficient (Wildman–Crippen LogP) is -0.342. The van der Waals surface area contributed by atoms with Gasteiger partial charge in [-0.3, -0.25) is 10.3 Å². The number of ether oxygens (including phenoxy) is 2. The molecular weight excluding hydrogens is 182 g/mol. The van der Waals surface area contributed by atoms with Crippen LogP contribution in [0.2, 0.25) is 0 Å². The number of amidine groups is 1. The molecule has 1 aliphatic rings. The molecule has 1 heterocycles. The molecule has 5 heteroatoms. The third-order valence-corrected chi connectivity index (χ3v) is 2.42. The fraction of sp³-hybridized carbons (Fsp3) is 0.889. The van der Waals surface area contributed by atoms with Crippen molar-refractivity contribution in [3.05, 3.63) is 0 Å². The number of methoxy groups -OCH3 is 1. The number of rotatable bonds is 4. The van der Waals surface area contributed by atoms with Gasteiger partial charge < -0.3 is 15.2 Å². The smallest absolute Gasteiger partial charge is 0.127 e. The van der Waals surface area contributed by atoms with E-state index in [0.717, 1.165) is 13.1 Å². The lowest BCUT2D eigenvalue weighted by Gasteiger charge is -2.33. The highest BCUT2D eigenvalue weighted by Gasteiger charge is 2.23. The van der Waals surface area contributed by atoms with Crippen LogP contribution in [-0.4, -0.2) is 56.3 Å². The van der Waals surface area contributed by atoms with Gasteiger partial charge >= 0.3 is 0 Å². The summed E-state index contributed by atoms with van der Waals surface area (Å²) in [7, 11) is 1.70. The number of hydrogen-bond acceptors (Lipinski definition) is 4. The Balaban J connectivity index is 2.36. The van der Waals surface area contributed by atoms with Crippen LogP contribution in [0.25, 0.3) is 0 Å². The summed E-state index contributed by atoms with van der Waals surface area (Å²) in [6, 6.07) is 0. The normalized spacial score (nSPS) is 26.0. The molecule has 1 fully saturated rings. The first kappa shape index (κ1) is 11.4. The predicted molar refractivity (Wildman–Crippen MR) is 54.6 cm³/mol. The van der Waals surface area contributed by atoms with Gasteiger partial charge in [0, 0.05) is 26.7 Å². The second-order valence-electron chi connectivity index (χ2n) is 3.62. The van der Waals surface area contributed by atoms with Crippen molar-refractivity contribution >= 4 is 5.84 Å². The van der Waals surface area contributed by atoms with E-state index in [-0.39, 0.29) is 18.0 Å². The fourth-order valence-electron chi connectivity index (χ4n) is 1.49. The number of morpholine rings is 1. The largest absolute Gasteiger partial charge is 0.385 e. The van der Waals surface area contributed by atoms with E-state index in [0.29, 0.717) is 13.2 Å². The Morgan fingerprint density at radius 2 is 2.50 bits per heavy atom. The van der Waals surface area contributed by atoms with Gasteiger partial charge in [-0.25, -0.2) is 0 Å². The zero-order chi connectivity index (χ0) is 10.6. The molecule has 0 saturated carbocycles. The summed E-state index contributed by atoms with van der Waals surface area (Å²) in [5.74, 6) is 0.111. The summed E-state index contributed by atoms with van der Waals surface area (Å²) in [5.41, 5.74) is 5.39. The molecule has 0 radical (unpaired) electrons. The molecule has 0 amide bonds. The van der Waals surface area contributed by atoms with Crippen molar-refractivity contribution in [1.82, 2.24) is 4.90 Å². The van der Waals surface area contributed by atoms with Crippen molar-refractivity contribution in [2.45, 2.75) is 19.1 Å². The Hall–Kier alpha value is -0.650. The third-order valence-electron chi connectivity index (χ3n) is 2.42. The van der Waals surface area contributed by atoms with E-state index in [9.17, 15) is 0 Å². The second-order valence-corrected chi connectivity index (χ2v) is 3.62. The van der Waals surface area contributed by atoms with Crippen molar-refractivity contribution in [3.8, 4) is 0 Å². The van der Waals surface area contributed by atoms with E-state index >= 15 is 0 Å². The molecule has 0 aromatic heterocycles. The molecule has 0 aliphatic carbocycles. The summed E-state index contributed by atoms with van der Waals surface area (Å²) < 4.78 is 10.5. The van der Waals surface area contributed by atoms with Crippen LogP contribution in [-0.2, 0) is 9.47 Å². The lowest BCUT2D eigenvalue weighted by atomic mass is 10.2. The van der Waals surface area contributed by atoms with Gasteiger partial charge in [0.25, 0.3) is 0 Å². The molecular formula is C9H19N3O2. The van der Waals surface area contributed by atoms with Crippen LogP contribution in [0.3, 0.4) is 0 Å². The fourth-order valence-corrected chi connectivity index (χ4v) is 1.49. The highest BCUT2D eigenvalue weighted by atomic mass is 16.5. The summed E-state index contributed by atoms with van der Waals surface area (Å²) >= 11 is 0. The van der Waals surface area contributed by atoms with Crippen molar-refractivity contribution in [2.75, 3.05) is 33.4 Å². The van der Waals surface area contributed by atoms with E-state index < -0.39 is 0 Å². The van der Waals surface area contributed by atoms with Gasteiger partial charge in [-0.1, -0.05) is 0 Å². The Kier molecular flexibility index (Phi) is 4.31. The molecule has 1 saturated heterocycles. The van der Waals surface area contributed by atoms with Crippen LogP contribution in [0.15, 0.2) is 0 Å². The van der Waals surface area contributed by atoms with Gasteiger partial charge in [-0.05, 0) is 6.92 Å². The molecule has 1 aliphatic heterocycles. The van der Waals surface area contributed by atoms with Gasteiger partial charge in [0.2, 0.25) is 0 Å². The Bertz CT molecular complexity index is 198. The molecule has 0 bridgehead atoms. The molecule has 2 unspecified atom stereocenters. The average molecular weight is 201 g/mol. The molecule has 1 rings (SSSR count). The molecule has 0 aromatic carbocycles. The molecule has 5 nitrogen and oxygen atoms in total. The van der Waals surface area contributed by atoms with Gasteiger partial charge in [0.1, 0.15) is 11.9 Å². The van der Waals surface area contributed by atoms with Gasteiger partial charge in [-0.15, -0.1) is 0 Å². The van der Waals surface area contributed by atoms with E-state index in [1.807, 2.05) is 6.92 Å². The zero-order valence-corrected chi connectivity index (χ0v) is 8.82. The first-order valence-corrected chi connectivity index (χ1v) is 4.84. The van der Waals surface area contributed by atoms with E-state index in [4.69, 9.17) is 20.6 Å². The minimum atomic E-state index is -0.243. The second kappa shape index (κ2) is 5.29. The third kappa shape index (κ3) is 3.25. The van der Waals surface area contributed by atoms with Crippen LogP contribution in [0.4, 0.5) is 0 Å². The Labute approximate surface area is 84.7 Å². The maximum atomic E-state index is 7.30. The van der Waals surface area contributed by atoms with E-state index in [1.165, 1.54) is 0 Å². The van der Waals surface area contributed by atoms with Crippen molar-refractivity contribution in [3.63, 3.8) is 0 Å². The first-order chi connectivity index (χ1) is 6.63. The van der Waals surface area contributed by atoms with E-state index in [2.05, 4.69) is 4.90 Å². The minimum absolute atomic E-state index is 0.111. The summed E-state index contributed by atoms with van der Waals surface area (Å²) in [6.45, 7) is 5.11. The highest BCUT2D eigenvalue weighted by molar-refractivity contribution is 5.82. The zero-order valence-electron chi connectivity index (χ0n) is 8.82. The lowest BCUT2D eigenvalue weighted by molar-refractivity contribution is -0.0155. The number of nitrogens with zero attached hydrogens (tertiary/aromatic N) is 1. The van der Waals surface area contributed by atoms with Gasteiger partial charge in [-0.2, -0.15) is 0 Å². The SMILES string of the molecule is COC(C)CN1CCOC(C(=N)N)C1.